The number of nitrogens with zero attached hydrogens (tertiary/aromatic N) is 1. The lowest BCUT2D eigenvalue weighted by Gasteiger charge is -2.21. The van der Waals surface area contributed by atoms with Crippen LogP contribution in [0, 0.1) is 0 Å². The second kappa shape index (κ2) is 7.28. The fourth-order valence-corrected chi connectivity index (χ4v) is 2.91. The summed E-state index contributed by atoms with van der Waals surface area (Å²) in [6, 6.07) is 11.1. The number of thiophene rings is 1. The molecule has 0 aliphatic carbocycles. The van der Waals surface area contributed by atoms with E-state index in [0.717, 1.165) is 16.0 Å². The molecule has 0 aliphatic rings. The number of alkyl halides is 2. The quantitative estimate of drug-likeness (QED) is 0.890. The van der Waals surface area contributed by atoms with E-state index in [0.29, 0.717) is 4.88 Å². The number of hydrogen-bond acceptors (Lipinski definition) is 3. The molecule has 1 aromatic carbocycles. The average Bonchev–Trinajstić information content (AvgIpc) is 2.96. The van der Waals surface area contributed by atoms with Crippen LogP contribution in [-0.2, 0) is 0 Å². The summed E-state index contributed by atoms with van der Waals surface area (Å²) < 4.78 is 25.1. The molecule has 21 heavy (non-hydrogen) atoms. The maximum atomic E-state index is 12.6. The zero-order valence-corrected chi connectivity index (χ0v) is 12.0. The second-order valence-corrected chi connectivity index (χ2v) is 5.31. The van der Waals surface area contributed by atoms with Crippen molar-refractivity contribution in [1.29, 1.82) is 0 Å². The number of carbonyl (C=O) groups excluding carboxylic acids is 1. The Morgan fingerprint density at radius 1 is 1.24 bits per heavy atom. The number of amides is 1. The monoisotopic (exact) mass is 311 g/mol. The van der Waals surface area contributed by atoms with Crippen LogP contribution in [0.3, 0.4) is 0 Å². The van der Waals surface area contributed by atoms with Crippen LogP contribution in [0.5, 0.6) is 0 Å². The molecular formula is C15H15F2NO2S. The van der Waals surface area contributed by atoms with Gasteiger partial charge in [0.2, 0.25) is 0 Å². The maximum absolute atomic E-state index is 12.6. The first-order valence-electron chi connectivity index (χ1n) is 6.44. The van der Waals surface area contributed by atoms with E-state index in [1.165, 1.54) is 11.3 Å². The smallest absolute Gasteiger partial charge is 0.264 e. The molecule has 0 saturated carbocycles. The molecule has 0 unspecified atom stereocenters. The van der Waals surface area contributed by atoms with Crippen molar-refractivity contribution in [1.82, 2.24) is 4.90 Å². The van der Waals surface area contributed by atoms with Gasteiger partial charge in [0.25, 0.3) is 12.3 Å². The average molecular weight is 311 g/mol. The predicted molar refractivity (Wildman–Crippen MR) is 78.7 cm³/mol. The Morgan fingerprint density at radius 3 is 2.57 bits per heavy atom. The number of aliphatic hydroxyl groups is 1. The standard InChI is InChI=1S/C15H15F2NO2S/c16-13(17)10-18(7-8-19)15(20)14-12(6-9-21-14)11-4-2-1-3-5-11/h1-6,9,13,19H,7-8,10H2. The fourth-order valence-electron chi connectivity index (χ4n) is 2.03. The maximum Gasteiger partial charge on any atom is 0.264 e. The van der Waals surface area contributed by atoms with Gasteiger partial charge in [0.15, 0.2) is 0 Å². The molecule has 0 radical (unpaired) electrons. The summed E-state index contributed by atoms with van der Waals surface area (Å²) in [7, 11) is 0. The Kier molecular flexibility index (Phi) is 5.41. The van der Waals surface area contributed by atoms with Crippen LogP contribution in [0.25, 0.3) is 11.1 Å². The van der Waals surface area contributed by atoms with Crippen molar-refractivity contribution in [3.63, 3.8) is 0 Å². The molecule has 2 aromatic rings. The van der Waals surface area contributed by atoms with E-state index in [1.807, 2.05) is 30.3 Å². The highest BCUT2D eigenvalue weighted by Crippen LogP contribution is 2.29. The van der Waals surface area contributed by atoms with Crippen molar-refractivity contribution in [3.8, 4) is 11.1 Å². The van der Waals surface area contributed by atoms with Crippen LogP contribution in [-0.4, -0.2) is 42.0 Å². The van der Waals surface area contributed by atoms with Gasteiger partial charge in [-0.1, -0.05) is 30.3 Å². The van der Waals surface area contributed by atoms with Crippen LogP contribution < -0.4 is 0 Å². The minimum atomic E-state index is -2.62. The highest BCUT2D eigenvalue weighted by Gasteiger charge is 2.23. The van der Waals surface area contributed by atoms with E-state index in [2.05, 4.69) is 0 Å². The topological polar surface area (TPSA) is 40.5 Å². The number of benzene rings is 1. The lowest BCUT2D eigenvalue weighted by Crippen LogP contribution is -2.37. The molecule has 0 bridgehead atoms. The second-order valence-electron chi connectivity index (χ2n) is 4.40. The van der Waals surface area contributed by atoms with Gasteiger partial charge >= 0.3 is 0 Å². The molecule has 1 amide bonds. The van der Waals surface area contributed by atoms with Crippen molar-refractivity contribution < 1.29 is 18.7 Å². The molecule has 2 rings (SSSR count). The van der Waals surface area contributed by atoms with Crippen molar-refractivity contribution in [2.45, 2.75) is 6.43 Å². The van der Waals surface area contributed by atoms with Gasteiger partial charge in [0.05, 0.1) is 18.0 Å². The van der Waals surface area contributed by atoms with Gasteiger partial charge in [-0.2, -0.15) is 0 Å². The molecule has 0 spiro atoms. The Labute approximate surface area is 125 Å². The molecule has 1 heterocycles. The van der Waals surface area contributed by atoms with E-state index in [4.69, 9.17) is 5.11 Å². The number of aliphatic hydroxyl groups excluding tert-OH is 1. The van der Waals surface area contributed by atoms with Gasteiger partial charge in [-0.25, -0.2) is 8.78 Å². The highest BCUT2D eigenvalue weighted by molar-refractivity contribution is 7.12. The van der Waals surface area contributed by atoms with Gasteiger partial charge in [0.1, 0.15) is 0 Å². The third-order valence-electron chi connectivity index (χ3n) is 2.96. The van der Waals surface area contributed by atoms with Gasteiger partial charge < -0.3 is 10.0 Å². The Morgan fingerprint density at radius 2 is 1.95 bits per heavy atom. The van der Waals surface area contributed by atoms with Crippen LogP contribution in [0.4, 0.5) is 8.78 Å². The molecule has 1 aromatic heterocycles. The normalized spacial score (nSPS) is 10.9. The van der Waals surface area contributed by atoms with Crippen molar-refractivity contribution >= 4 is 17.2 Å². The largest absolute Gasteiger partial charge is 0.395 e. The zero-order valence-electron chi connectivity index (χ0n) is 11.2. The summed E-state index contributed by atoms with van der Waals surface area (Å²) in [5.74, 6) is -0.474. The summed E-state index contributed by atoms with van der Waals surface area (Å²) in [6.45, 7) is -1.12. The van der Waals surface area contributed by atoms with E-state index < -0.39 is 18.9 Å². The first kappa shape index (κ1) is 15.6. The van der Waals surface area contributed by atoms with Crippen molar-refractivity contribution in [3.05, 3.63) is 46.7 Å². The number of hydrogen-bond donors (Lipinski definition) is 1. The summed E-state index contributed by atoms with van der Waals surface area (Å²) in [4.78, 5) is 13.8. The minimum absolute atomic E-state index is 0.102. The molecule has 0 saturated heterocycles. The van der Waals surface area contributed by atoms with Gasteiger partial charge in [-0.3, -0.25) is 4.79 Å². The van der Waals surface area contributed by atoms with E-state index in [9.17, 15) is 13.6 Å². The fraction of sp³-hybridized carbons (Fsp3) is 0.267. The number of rotatable bonds is 6. The minimum Gasteiger partial charge on any atom is -0.395 e. The summed E-state index contributed by atoms with van der Waals surface area (Å²) >= 11 is 1.22. The lowest BCUT2D eigenvalue weighted by molar-refractivity contribution is 0.0514. The van der Waals surface area contributed by atoms with Crippen LogP contribution in [0.15, 0.2) is 41.8 Å². The number of halogens is 2. The lowest BCUT2D eigenvalue weighted by atomic mass is 10.1. The van der Waals surface area contributed by atoms with Crippen molar-refractivity contribution in [2.75, 3.05) is 19.7 Å². The molecule has 0 atom stereocenters. The highest BCUT2D eigenvalue weighted by atomic mass is 32.1. The first-order valence-corrected chi connectivity index (χ1v) is 7.32. The van der Waals surface area contributed by atoms with Gasteiger partial charge in [-0.15, -0.1) is 11.3 Å². The van der Waals surface area contributed by atoms with Gasteiger partial charge in [0, 0.05) is 12.1 Å². The van der Waals surface area contributed by atoms with Crippen LogP contribution >= 0.6 is 11.3 Å². The van der Waals surface area contributed by atoms with Crippen molar-refractivity contribution in [2.24, 2.45) is 0 Å². The molecule has 3 nitrogen and oxygen atoms in total. The summed E-state index contributed by atoms with van der Waals surface area (Å²) in [5, 5.41) is 10.7. The van der Waals surface area contributed by atoms with Crippen LogP contribution in [0.2, 0.25) is 0 Å². The molecule has 1 N–H and O–H groups in total. The van der Waals surface area contributed by atoms with E-state index in [1.54, 1.807) is 11.4 Å². The molecule has 0 fully saturated rings. The Hall–Kier alpha value is -1.79. The Bertz CT molecular complexity index is 586. The molecule has 112 valence electrons. The first-order chi connectivity index (χ1) is 10.1. The van der Waals surface area contributed by atoms with E-state index >= 15 is 0 Å². The van der Waals surface area contributed by atoms with E-state index in [-0.39, 0.29) is 13.2 Å². The summed E-state index contributed by atoms with van der Waals surface area (Å²) in [6.07, 6.45) is -2.62. The summed E-state index contributed by atoms with van der Waals surface area (Å²) in [5.41, 5.74) is 1.59. The third-order valence-corrected chi connectivity index (χ3v) is 3.86. The van der Waals surface area contributed by atoms with Gasteiger partial charge in [-0.05, 0) is 17.0 Å². The zero-order chi connectivity index (χ0) is 15.2. The SMILES string of the molecule is O=C(c1sccc1-c1ccccc1)N(CCO)CC(F)F. The Balaban J connectivity index is 2.29. The van der Waals surface area contributed by atoms with Crippen LogP contribution in [0.1, 0.15) is 9.67 Å². The molecule has 0 aliphatic heterocycles. The number of carbonyl (C=O) groups is 1. The third kappa shape index (κ3) is 3.86. The predicted octanol–water partition coefficient (Wildman–Crippen LogP) is 3.11. The molecular weight excluding hydrogens is 296 g/mol. The molecule has 6 heteroatoms.